The Kier molecular flexibility index (Phi) is 3.58. The molecule has 0 unspecified atom stereocenters. The standard InChI is InChI=1S/C10H10N2O3.C2H6/c13-9-8-3-5-15-10(8)12(11-9)6-7-2-1-4-14-7;1-2/h1-2,4,6,8,10H,3,5H2;1-2H3/p+1/b12-6-;/t8-,10-;/m1./s1. The van der Waals surface area contributed by atoms with Crippen molar-refractivity contribution in [3.05, 3.63) is 24.2 Å². The van der Waals surface area contributed by atoms with Crippen LogP contribution in [-0.2, 0) is 9.53 Å². The Morgan fingerprint density at radius 2 is 2.35 bits per heavy atom. The number of carbonyl (C=O) groups excluding carboxylic acids is 1. The largest absolute Gasteiger partial charge is 0.459 e. The van der Waals surface area contributed by atoms with Gasteiger partial charge in [-0.2, -0.15) is 0 Å². The number of hydrazine groups is 1. The average molecular weight is 237 g/mol. The second-order valence-corrected chi connectivity index (χ2v) is 3.68. The molecule has 2 saturated heterocycles. The Bertz CT molecular complexity index is 411. The van der Waals surface area contributed by atoms with E-state index in [2.05, 4.69) is 5.43 Å². The van der Waals surface area contributed by atoms with E-state index < -0.39 is 0 Å². The third-order valence-corrected chi connectivity index (χ3v) is 2.72. The van der Waals surface area contributed by atoms with Gasteiger partial charge in [-0.25, -0.2) is 0 Å². The molecule has 3 rings (SSSR count). The van der Waals surface area contributed by atoms with E-state index in [-0.39, 0.29) is 18.1 Å². The average Bonchev–Trinajstić information content (AvgIpc) is 3.04. The SMILES string of the molecule is CC.O=C1N/[N+](=C\c2ccco2)[C@@H]2OCC[C@H]12. The molecule has 2 fully saturated rings. The minimum Gasteiger partial charge on any atom is -0.459 e. The van der Waals surface area contributed by atoms with Gasteiger partial charge in [-0.05, 0) is 18.6 Å². The molecule has 0 aliphatic carbocycles. The number of hydrazone groups is 1. The van der Waals surface area contributed by atoms with Gasteiger partial charge in [0.25, 0.3) is 12.1 Å². The molecule has 92 valence electrons. The molecule has 5 nitrogen and oxygen atoms in total. The second-order valence-electron chi connectivity index (χ2n) is 3.68. The summed E-state index contributed by atoms with van der Waals surface area (Å²) in [7, 11) is 0. The molecule has 0 radical (unpaired) electrons. The van der Waals surface area contributed by atoms with E-state index in [1.165, 1.54) is 0 Å². The van der Waals surface area contributed by atoms with Gasteiger partial charge >= 0.3 is 0 Å². The van der Waals surface area contributed by atoms with E-state index in [9.17, 15) is 4.79 Å². The molecule has 5 heteroatoms. The van der Waals surface area contributed by atoms with E-state index >= 15 is 0 Å². The van der Waals surface area contributed by atoms with Crippen molar-refractivity contribution in [1.29, 1.82) is 0 Å². The summed E-state index contributed by atoms with van der Waals surface area (Å²) in [6.07, 6.45) is 3.95. The van der Waals surface area contributed by atoms with Crippen molar-refractivity contribution in [2.24, 2.45) is 5.92 Å². The molecule has 1 aromatic heterocycles. The van der Waals surface area contributed by atoms with Crippen LogP contribution in [-0.4, -0.2) is 29.6 Å². The first-order valence-corrected chi connectivity index (χ1v) is 5.93. The van der Waals surface area contributed by atoms with Crippen LogP contribution < -0.4 is 5.43 Å². The summed E-state index contributed by atoms with van der Waals surface area (Å²) < 4.78 is 12.3. The van der Waals surface area contributed by atoms with E-state index in [0.717, 1.165) is 6.42 Å². The summed E-state index contributed by atoms with van der Waals surface area (Å²) in [4.78, 5) is 11.5. The maximum Gasteiger partial charge on any atom is 0.298 e. The summed E-state index contributed by atoms with van der Waals surface area (Å²) >= 11 is 0. The normalized spacial score (nSPS) is 28.6. The van der Waals surface area contributed by atoms with Crippen molar-refractivity contribution in [2.45, 2.75) is 26.5 Å². The Morgan fingerprint density at radius 1 is 1.53 bits per heavy atom. The van der Waals surface area contributed by atoms with Gasteiger partial charge in [-0.3, -0.25) is 4.79 Å². The Balaban J connectivity index is 0.000000514. The highest BCUT2D eigenvalue weighted by Crippen LogP contribution is 2.25. The molecule has 0 saturated carbocycles. The maximum absolute atomic E-state index is 11.5. The quantitative estimate of drug-likeness (QED) is 0.745. The topological polar surface area (TPSA) is 54.5 Å². The van der Waals surface area contributed by atoms with Crippen LogP contribution in [0, 0.1) is 5.92 Å². The van der Waals surface area contributed by atoms with Crippen molar-refractivity contribution in [3.63, 3.8) is 0 Å². The molecule has 1 N–H and O–H groups in total. The number of furan rings is 1. The summed E-state index contributed by atoms with van der Waals surface area (Å²) in [5.41, 5.74) is 2.75. The van der Waals surface area contributed by atoms with Crippen LogP contribution in [0.5, 0.6) is 0 Å². The highest BCUT2D eigenvalue weighted by Gasteiger charge is 2.50. The minimum absolute atomic E-state index is 0.0281. The van der Waals surface area contributed by atoms with Gasteiger partial charge in [0.15, 0.2) is 5.76 Å². The van der Waals surface area contributed by atoms with Crippen molar-refractivity contribution < 1.29 is 18.6 Å². The van der Waals surface area contributed by atoms with Gasteiger partial charge in [0.2, 0.25) is 6.21 Å². The molecular formula is C12H17N2O3+. The lowest BCUT2D eigenvalue weighted by atomic mass is 10.1. The van der Waals surface area contributed by atoms with Crippen LogP contribution >= 0.6 is 0 Å². The van der Waals surface area contributed by atoms with Crippen LogP contribution in [0.25, 0.3) is 0 Å². The lowest BCUT2D eigenvalue weighted by molar-refractivity contribution is -0.630. The number of fused-ring (bicyclic) bond motifs is 1. The third kappa shape index (κ3) is 2.24. The van der Waals surface area contributed by atoms with E-state index in [1.807, 2.05) is 19.9 Å². The van der Waals surface area contributed by atoms with Crippen LogP contribution in [0.3, 0.4) is 0 Å². The van der Waals surface area contributed by atoms with Crippen molar-refractivity contribution in [3.8, 4) is 0 Å². The number of amides is 1. The summed E-state index contributed by atoms with van der Waals surface area (Å²) in [5, 5.41) is 0. The fraction of sp³-hybridized carbons (Fsp3) is 0.500. The predicted molar refractivity (Wildman–Crippen MR) is 61.5 cm³/mol. The first-order chi connectivity index (χ1) is 8.34. The molecule has 2 atom stereocenters. The molecule has 0 aromatic carbocycles. The summed E-state index contributed by atoms with van der Waals surface area (Å²) in [6, 6.07) is 3.63. The van der Waals surface area contributed by atoms with Gasteiger partial charge in [-0.15, -0.1) is 5.43 Å². The third-order valence-electron chi connectivity index (χ3n) is 2.72. The zero-order chi connectivity index (χ0) is 12.3. The van der Waals surface area contributed by atoms with Gasteiger partial charge in [0, 0.05) is 0 Å². The van der Waals surface area contributed by atoms with Gasteiger partial charge in [0.1, 0.15) is 5.92 Å². The van der Waals surface area contributed by atoms with Crippen molar-refractivity contribution in [1.82, 2.24) is 5.43 Å². The number of hydrogen-bond donors (Lipinski definition) is 1. The highest BCUT2D eigenvalue weighted by atomic mass is 16.5. The minimum atomic E-state index is -0.178. The van der Waals surface area contributed by atoms with Gasteiger partial charge in [0.05, 0.1) is 12.9 Å². The Hall–Kier alpha value is -1.62. The smallest absolute Gasteiger partial charge is 0.298 e. The Labute approximate surface area is 100 Å². The molecule has 3 heterocycles. The summed E-state index contributed by atoms with van der Waals surface area (Å²) in [5.74, 6) is 0.683. The highest BCUT2D eigenvalue weighted by molar-refractivity contribution is 5.81. The van der Waals surface area contributed by atoms with Crippen LogP contribution in [0.2, 0.25) is 0 Å². The fourth-order valence-electron chi connectivity index (χ4n) is 1.99. The molecule has 2 aliphatic rings. The molecule has 0 bridgehead atoms. The lowest BCUT2D eigenvalue weighted by Crippen LogP contribution is -2.31. The number of ether oxygens (including phenoxy) is 1. The molecular weight excluding hydrogens is 220 g/mol. The van der Waals surface area contributed by atoms with Crippen LogP contribution in [0.1, 0.15) is 26.0 Å². The number of carbonyl (C=O) groups is 1. The zero-order valence-electron chi connectivity index (χ0n) is 10.1. The fourth-order valence-corrected chi connectivity index (χ4v) is 1.99. The zero-order valence-corrected chi connectivity index (χ0v) is 10.1. The number of rotatable bonds is 1. The van der Waals surface area contributed by atoms with Crippen LogP contribution in [0.4, 0.5) is 0 Å². The first kappa shape index (κ1) is 11.9. The molecule has 1 aromatic rings. The van der Waals surface area contributed by atoms with Gasteiger partial charge in [-0.1, -0.05) is 18.5 Å². The molecule has 0 spiro atoms. The number of nitrogens with one attached hydrogen (secondary N) is 1. The number of nitrogens with zero attached hydrogens (tertiary/aromatic N) is 1. The molecule has 2 aliphatic heterocycles. The van der Waals surface area contributed by atoms with Crippen LogP contribution in [0.15, 0.2) is 22.8 Å². The lowest BCUT2D eigenvalue weighted by Gasteiger charge is -1.99. The number of hydrogen-bond acceptors (Lipinski definition) is 3. The van der Waals surface area contributed by atoms with E-state index in [1.54, 1.807) is 23.2 Å². The van der Waals surface area contributed by atoms with Crippen molar-refractivity contribution >= 4 is 12.1 Å². The molecule has 1 amide bonds. The van der Waals surface area contributed by atoms with Crippen molar-refractivity contribution in [2.75, 3.05) is 6.61 Å². The molecule has 17 heavy (non-hydrogen) atoms. The second kappa shape index (κ2) is 5.14. The first-order valence-electron chi connectivity index (χ1n) is 5.93. The van der Waals surface area contributed by atoms with E-state index in [4.69, 9.17) is 9.15 Å². The monoisotopic (exact) mass is 237 g/mol. The van der Waals surface area contributed by atoms with E-state index in [0.29, 0.717) is 12.4 Å². The Morgan fingerprint density at radius 3 is 3.06 bits per heavy atom. The predicted octanol–water partition coefficient (Wildman–Crippen LogP) is 1.14. The van der Waals surface area contributed by atoms with Gasteiger partial charge < -0.3 is 9.15 Å². The maximum atomic E-state index is 11.5. The summed E-state index contributed by atoms with van der Waals surface area (Å²) in [6.45, 7) is 4.64.